The van der Waals surface area contributed by atoms with Crippen LogP contribution in [0.15, 0.2) is 30.3 Å². The molecule has 0 heterocycles. The molecule has 3 nitrogen and oxygen atoms in total. The highest BCUT2D eigenvalue weighted by molar-refractivity contribution is 5.81. The van der Waals surface area contributed by atoms with E-state index in [0.717, 1.165) is 31.0 Å². The highest BCUT2D eigenvalue weighted by Gasteiger charge is 2.38. The summed E-state index contributed by atoms with van der Waals surface area (Å²) in [7, 11) is 0. The molecule has 0 aromatic heterocycles. The van der Waals surface area contributed by atoms with E-state index < -0.39 is 11.4 Å². The lowest BCUT2D eigenvalue weighted by Crippen LogP contribution is -2.45. The van der Waals surface area contributed by atoms with Crippen LogP contribution in [0.3, 0.4) is 0 Å². The summed E-state index contributed by atoms with van der Waals surface area (Å²) in [6.45, 7) is 6.62. The number of hydrogen-bond acceptors (Lipinski definition) is 2. The van der Waals surface area contributed by atoms with Crippen LogP contribution in [0.25, 0.3) is 0 Å². The maximum absolute atomic E-state index is 11.8. The first kappa shape index (κ1) is 15.0. The highest BCUT2D eigenvalue weighted by Crippen LogP contribution is 2.32. The molecule has 1 fully saturated rings. The van der Waals surface area contributed by atoms with Crippen molar-refractivity contribution in [3.05, 3.63) is 35.9 Å². The summed E-state index contributed by atoms with van der Waals surface area (Å²) in [4.78, 5) is 14.2. The summed E-state index contributed by atoms with van der Waals surface area (Å²) in [5.41, 5.74) is 0.0649. The van der Waals surface area contributed by atoms with Gasteiger partial charge < -0.3 is 10.0 Å². The van der Waals surface area contributed by atoms with Gasteiger partial charge in [-0.1, -0.05) is 37.3 Å². The van der Waals surface area contributed by atoms with Gasteiger partial charge in [0.15, 0.2) is 0 Å². The SMILES string of the molecule is CCCN(CC1CC1)CC(C)(C(=O)O)c1ccccc1. The first-order valence-corrected chi connectivity index (χ1v) is 7.57. The summed E-state index contributed by atoms with van der Waals surface area (Å²) >= 11 is 0. The lowest BCUT2D eigenvalue weighted by Gasteiger charge is -2.33. The minimum absolute atomic E-state index is 0.594. The van der Waals surface area contributed by atoms with Crippen LogP contribution in [0.4, 0.5) is 0 Å². The summed E-state index contributed by atoms with van der Waals surface area (Å²) in [6, 6.07) is 9.62. The summed E-state index contributed by atoms with van der Waals surface area (Å²) in [5, 5.41) is 9.73. The predicted octanol–water partition coefficient (Wildman–Crippen LogP) is 3.15. The van der Waals surface area contributed by atoms with Crippen molar-refractivity contribution >= 4 is 5.97 Å². The molecular formula is C17H25NO2. The van der Waals surface area contributed by atoms with Gasteiger partial charge in [0.2, 0.25) is 0 Å². The Kier molecular flexibility index (Phi) is 4.81. The minimum atomic E-state index is -0.828. The van der Waals surface area contributed by atoms with Crippen molar-refractivity contribution in [2.24, 2.45) is 5.92 Å². The van der Waals surface area contributed by atoms with Crippen LogP contribution >= 0.6 is 0 Å². The van der Waals surface area contributed by atoms with Gasteiger partial charge in [-0.25, -0.2) is 0 Å². The molecule has 0 amide bonds. The molecule has 0 saturated heterocycles. The van der Waals surface area contributed by atoms with E-state index in [9.17, 15) is 9.90 Å². The third-order valence-corrected chi connectivity index (χ3v) is 4.18. The average molecular weight is 275 g/mol. The number of carboxylic acids is 1. The maximum Gasteiger partial charge on any atom is 0.315 e. The van der Waals surface area contributed by atoms with Crippen LogP contribution in [0.5, 0.6) is 0 Å². The molecule has 0 aliphatic heterocycles. The number of benzene rings is 1. The third-order valence-electron chi connectivity index (χ3n) is 4.18. The van der Waals surface area contributed by atoms with Crippen molar-refractivity contribution in [2.75, 3.05) is 19.6 Å². The molecule has 3 heteroatoms. The van der Waals surface area contributed by atoms with Crippen LogP contribution in [0.1, 0.15) is 38.7 Å². The minimum Gasteiger partial charge on any atom is -0.481 e. The van der Waals surface area contributed by atoms with Crippen molar-refractivity contribution in [3.63, 3.8) is 0 Å². The van der Waals surface area contributed by atoms with E-state index in [-0.39, 0.29) is 0 Å². The van der Waals surface area contributed by atoms with Crippen molar-refractivity contribution < 1.29 is 9.90 Å². The Balaban J connectivity index is 2.16. The van der Waals surface area contributed by atoms with Gasteiger partial charge in [-0.2, -0.15) is 0 Å². The maximum atomic E-state index is 11.8. The predicted molar refractivity (Wildman–Crippen MR) is 80.9 cm³/mol. The van der Waals surface area contributed by atoms with Gasteiger partial charge in [-0.3, -0.25) is 4.79 Å². The fourth-order valence-electron chi connectivity index (χ4n) is 2.75. The molecule has 1 unspecified atom stereocenters. The lowest BCUT2D eigenvalue weighted by molar-refractivity contribution is -0.144. The standard InChI is InChI=1S/C17H25NO2/c1-3-11-18(12-14-9-10-14)13-17(2,16(19)20)15-7-5-4-6-8-15/h4-8,14H,3,9-13H2,1-2H3,(H,19,20). The van der Waals surface area contributed by atoms with E-state index in [1.54, 1.807) is 0 Å². The fraction of sp³-hybridized carbons (Fsp3) is 0.588. The Hall–Kier alpha value is -1.35. The Morgan fingerprint density at radius 2 is 2.00 bits per heavy atom. The number of hydrogen-bond donors (Lipinski definition) is 1. The molecule has 1 aromatic carbocycles. The molecule has 0 radical (unpaired) electrons. The lowest BCUT2D eigenvalue weighted by atomic mass is 9.82. The molecule has 1 aliphatic rings. The molecule has 1 saturated carbocycles. The Bertz CT molecular complexity index is 442. The molecular weight excluding hydrogens is 250 g/mol. The Morgan fingerprint density at radius 3 is 2.50 bits per heavy atom. The monoisotopic (exact) mass is 275 g/mol. The van der Waals surface area contributed by atoms with Crippen LogP contribution in [-0.2, 0) is 10.2 Å². The van der Waals surface area contributed by atoms with E-state index in [1.165, 1.54) is 12.8 Å². The van der Waals surface area contributed by atoms with Gasteiger partial charge in [-0.15, -0.1) is 0 Å². The zero-order valence-corrected chi connectivity index (χ0v) is 12.5. The molecule has 2 rings (SSSR count). The molecule has 1 N–H and O–H groups in total. The zero-order valence-electron chi connectivity index (χ0n) is 12.5. The molecule has 110 valence electrons. The fourth-order valence-corrected chi connectivity index (χ4v) is 2.75. The van der Waals surface area contributed by atoms with Crippen molar-refractivity contribution in [1.29, 1.82) is 0 Å². The molecule has 0 spiro atoms. The van der Waals surface area contributed by atoms with Crippen molar-refractivity contribution in [1.82, 2.24) is 4.90 Å². The van der Waals surface area contributed by atoms with Gasteiger partial charge in [0.25, 0.3) is 0 Å². The number of carboxylic acid groups (broad SMARTS) is 1. The second kappa shape index (κ2) is 6.40. The van der Waals surface area contributed by atoms with Crippen molar-refractivity contribution in [3.8, 4) is 0 Å². The highest BCUT2D eigenvalue weighted by atomic mass is 16.4. The number of aliphatic carboxylic acids is 1. The topological polar surface area (TPSA) is 40.5 Å². The first-order chi connectivity index (χ1) is 9.56. The van der Waals surface area contributed by atoms with Gasteiger partial charge in [0.1, 0.15) is 5.41 Å². The summed E-state index contributed by atoms with van der Waals surface area (Å²) in [6.07, 6.45) is 3.67. The van der Waals surface area contributed by atoms with Crippen LogP contribution in [-0.4, -0.2) is 35.6 Å². The van der Waals surface area contributed by atoms with E-state index in [0.29, 0.717) is 6.54 Å². The van der Waals surface area contributed by atoms with E-state index >= 15 is 0 Å². The largest absolute Gasteiger partial charge is 0.481 e. The second-order valence-corrected chi connectivity index (χ2v) is 6.18. The normalized spacial score (nSPS) is 17.9. The average Bonchev–Trinajstić information content (AvgIpc) is 3.23. The van der Waals surface area contributed by atoms with Gasteiger partial charge in [0.05, 0.1) is 0 Å². The number of rotatable bonds is 8. The van der Waals surface area contributed by atoms with E-state index in [4.69, 9.17) is 0 Å². The quantitative estimate of drug-likeness (QED) is 0.792. The van der Waals surface area contributed by atoms with Crippen molar-refractivity contribution in [2.45, 2.75) is 38.5 Å². The summed E-state index contributed by atoms with van der Waals surface area (Å²) < 4.78 is 0. The third kappa shape index (κ3) is 3.60. The Morgan fingerprint density at radius 1 is 1.35 bits per heavy atom. The van der Waals surface area contributed by atoms with Crippen LogP contribution in [0, 0.1) is 5.92 Å². The molecule has 20 heavy (non-hydrogen) atoms. The summed E-state index contributed by atoms with van der Waals surface area (Å²) in [5.74, 6) is 0.0518. The van der Waals surface area contributed by atoms with E-state index in [1.807, 2.05) is 37.3 Å². The smallest absolute Gasteiger partial charge is 0.315 e. The second-order valence-electron chi connectivity index (χ2n) is 6.18. The van der Waals surface area contributed by atoms with Crippen LogP contribution in [0.2, 0.25) is 0 Å². The van der Waals surface area contributed by atoms with E-state index in [2.05, 4.69) is 11.8 Å². The first-order valence-electron chi connectivity index (χ1n) is 7.57. The van der Waals surface area contributed by atoms with Gasteiger partial charge in [0, 0.05) is 13.1 Å². The molecule has 1 aromatic rings. The Labute approximate surface area is 121 Å². The number of carbonyl (C=O) groups is 1. The molecule has 1 atom stereocenters. The van der Waals surface area contributed by atoms with Gasteiger partial charge >= 0.3 is 5.97 Å². The van der Waals surface area contributed by atoms with Gasteiger partial charge in [-0.05, 0) is 44.2 Å². The number of nitrogens with zero attached hydrogens (tertiary/aromatic N) is 1. The molecule has 1 aliphatic carbocycles. The zero-order chi connectivity index (χ0) is 14.6. The molecule has 0 bridgehead atoms. The van der Waals surface area contributed by atoms with Crippen LogP contribution < -0.4 is 0 Å².